The van der Waals surface area contributed by atoms with Gasteiger partial charge in [-0.25, -0.2) is 0 Å². The highest BCUT2D eigenvalue weighted by Gasteiger charge is 2.49. The first-order valence-electron chi connectivity index (χ1n) is 4.66. The topological polar surface area (TPSA) is 131 Å². The van der Waals surface area contributed by atoms with Gasteiger partial charge >= 0.3 is 0 Å². The zero-order valence-corrected chi connectivity index (χ0v) is 8.73. The Labute approximate surface area is 92.8 Å². The van der Waals surface area contributed by atoms with Crippen LogP contribution in [0.3, 0.4) is 0 Å². The van der Waals surface area contributed by atoms with Crippen LogP contribution in [0, 0.1) is 5.41 Å². The fourth-order valence-electron chi connectivity index (χ4n) is 1.20. The number of ether oxygens (including phenoxy) is 1. The van der Waals surface area contributed by atoms with Crippen molar-refractivity contribution in [2.45, 2.75) is 25.3 Å². The lowest BCUT2D eigenvalue weighted by Crippen LogP contribution is -2.54. The molecule has 0 fully saturated rings. The van der Waals surface area contributed by atoms with Crippen LogP contribution in [-0.2, 0) is 4.74 Å². The molecule has 7 nitrogen and oxygen atoms in total. The van der Waals surface area contributed by atoms with Crippen LogP contribution >= 0.6 is 0 Å². The monoisotopic (exact) mass is 238 g/mol. The molecular weight excluding hydrogens is 220 g/mol. The molecule has 96 valence electrons. The Morgan fingerprint density at radius 3 is 1.75 bits per heavy atom. The van der Waals surface area contributed by atoms with Crippen molar-refractivity contribution in [1.82, 2.24) is 0 Å². The second-order valence-corrected chi connectivity index (χ2v) is 3.35. The van der Waals surface area contributed by atoms with Gasteiger partial charge in [-0.05, 0) is 6.42 Å². The molecule has 0 heterocycles. The first kappa shape index (κ1) is 15.5. The first-order chi connectivity index (χ1) is 7.39. The summed E-state index contributed by atoms with van der Waals surface area (Å²) in [5.74, 6) is 0. The van der Waals surface area contributed by atoms with E-state index in [2.05, 4.69) is 6.58 Å². The van der Waals surface area contributed by atoms with Crippen molar-refractivity contribution in [1.29, 1.82) is 0 Å². The first-order valence-corrected chi connectivity index (χ1v) is 4.66. The lowest BCUT2D eigenvalue weighted by Gasteiger charge is -2.37. The van der Waals surface area contributed by atoms with Crippen LogP contribution in [0.1, 0.15) is 6.42 Å². The maximum absolute atomic E-state index is 9.00. The van der Waals surface area contributed by atoms with Gasteiger partial charge in [0, 0.05) is 6.61 Å². The molecule has 0 saturated heterocycles. The number of aliphatic hydroxyl groups excluding tert-OH is 3. The van der Waals surface area contributed by atoms with E-state index in [0.29, 0.717) is 0 Å². The highest BCUT2D eigenvalue weighted by atomic mass is 16.5. The van der Waals surface area contributed by atoms with Crippen molar-refractivity contribution in [2.24, 2.45) is 5.41 Å². The largest absolute Gasteiger partial charge is 0.377 e. The third-order valence-corrected chi connectivity index (χ3v) is 2.36. The Hall–Kier alpha value is -0.540. The highest BCUT2D eigenvalue weighted by molar-refractivity contribution is 4.85. The van der Waals surface area contributed by atoms with Gasteiger partial charge in [0.1, 0.15) is 5.41 Å². The molecule has 0 saturated carbocycles. The van der Waals surface area contributed by atoms with Gasteiger partial charge in [0.2, 0.25) is 0 Å². The van der Waals surface area contributed by atoms with Crippen LogP contribution in [0.5, 0.6) is 0 Å². The maximum Gasteiger partial charge on any atom is 0.167 e. The lowest BCUT2D eigenvalue weighted by molar-refractivity contribution is -0.314. The van der Waals surface area contributed by atoms with Gasteiger partial charge in [-0.2, -0.15) is 0 Å². The minimum absolute atomic E-state index is 0.112. The number of hydrogen-bond acceptors (Lipinski definition) is 7. The third-order valence-electron chi connectivity index (χ3n) is 2.36. The van der Waals surface area contributed by atoms with E-state index in [-0.39, 0.29) is 19.6 Å². The Kier molecular flexibility index (Phi) is 6.68. The van der Waals surface area contributed by atoms with E-state index in [4.69, 9.17) is 35.4 Å². The minimum Gasteiger partial charge on any atom is -0.377 e. The van der Waals surface area contributed by atoms with E-state index in [1.807, 2.05) is 0 Å². The normalized spacial score (nSPS) is 12.8. The second-order valence-electron chi connectivity index (χ2n) is 3.35. The highest BCUT2D eigenvalue weighted by Crippen LogP contribution is 2.32. The molecule has 7 heteroatoms. The van der Waals surface area contributed by atoms with E-state index in [1.54, 1.807) is 0 Å². The molecule has 0 unspecified atom stereocenters. The predicted octanol–water partition coefficient (Wildman–Crippen LogP) is -2.50. The van der Waals surface area contributed by atoms with Gasteiger partial charge in [-0.1, -0.05) is 6.08 Å². The molecule has 0 aliphatic heterocycles. The number of hydrogen-bond donors (Lipinski definition) is 6. The van der Waals surface area contributed by atoms with Crippen LogP contribution in [0.2, 0.25) is 0 Å². The molecule has 0 amide bonds. The Balaban J connectivity index is 4.57. The summed E-state index contributed by atoms with van der Waals surface area (Å²) in [6, 6.07) is 0. The molecule has 0 radical (unpaired) electrons. The van der Waals surface area contributed by atoms with Gasteiger partial charge in [-0.3, -0.25) is 0 Å². The quantitative estimate of drug-likeness (QED) is 0.156. The summed E-state index contributed by atoms with van der Waals surface area (Å²) in [6.07, 6.45) is -5.82. The van der Waals surface area contributed by atoms with Gasteiger partial charge in [-0.15, -0.1) is 6.58 Å². The van der Waals surface area contributed by atoms with Crippen molar-refractivity contribution < 1.29 is 35.4 Å². The van der Waals surface area contributed by atoms with E-state index >= 15 is 0 Å². The van der Waals surface area contributed by atoms with E-state index < -0.39 is 24.3 Å². The summed E-state index contributed by atoms with van der Waals surface area (Å²) in [7, 11) is 0. The number of rotatable bonds is 8. The molecule has 6 N–H and O–H groups in total. The predicted molar refractivity (Wildman–Crippen MR) is 52.7 cm³/mol. The van der Waals surface area contributed by atoms with Gasteiger partial charge in [0.25, 0.3) is 0 Å². The fourth-order valence-corrected chi connectivity index (χ4v) is 1.20. The average molecular weight is 238 g/mol. The maximum atomic E-state index is 9.00. The molecule has 0 aliphatic rings. The minimum atomic E-state index is -2.31. The molecule has 0 bridgehead atoms. The van der Waals surface area contributed by atoms with Crippen molar-refractivity contribution in [2.75, 3.05) is 13.2 Å². The second kappa shape index (κ2) is 6.92. The summed E-state index contributed by atoms with van der Waals surface area (Å²) in [5.41, 5.74) is -2.28. The summed E-state index contributed by atoms with van der Waals surface area (Å²) < 4.78 is 4.90. The Morgan fingerprint density at radius 2 is 1.44 bits per heavy atom. The van der Waals surface area contributed by atoms with E-state index in [0.717, 1.165) is 0 Å². The van der Waals surface area contributed by atoms with Crippen molar-refractivity contribution in [3.05, 3.63) is 12.7 Å². The zero-order chi connectivity index (χ0) is 12.8. The smallest absolute Gasteiger partial charge is 0.167 e. The van der Waals surface area contributed by atoms with Gasteiger partial charge in [0.05, 0.1) is 6.61 Å². The SMILES string of the molecule is C=CCOCCC(C(O)O)(C(O)O)C(O)O. The summed E-state index contributed by atoms with van der Waals surface area (Å²) in [4.78, 5) is 0. The third kappa shape index (κ3) is 3.49. The van der Waals surface area contributed by atoms with Crippen LogP contribution in [0.4, 0.5) is 0 Å². The summed E-state index contributed by atoms with van der Waals surface area (Å²) >= 11 is 0. The van der Waals surface area contributed by atoms with Crippen LogP contribution in [-0.4, -0.2) is 62.7 Å². The molecule has 16 heavy (non-hydrogen) atoms. The average Bonchev–Trinajstić information content (AvgIpc) is 2.16. The molecule has 0 rings (SSSR count). The molecule has 0 aromatic rings. The molecule has 0 aromatic carbocycles. The summed E-state index contributed by atoms with van der Waals surface area (Å²) in [6.45, 7) is 3.45. The van der Waals surface area contributed by atoms with Crippen LogP contribution in [0.15, 0.2) is 12.7 Å². The molecule has 0 atom stereocenters. The zero-order valence-electron chi connectivity index (χ0n) is 8.73. The van der Waals surface area contributed by atoms with Gasteiger partial charge in [0.15, 0.2) is 18.9 Å². The Morgan fingerprint density at radius 1 is 1.00 bits per heavy atom. The van der Waals surface area contributed by atoms with Gasteiger partial charge < -0.3 is 35.4 Å². The number of aliphatic hydroxyl groups is 6. The Bertz CT molecular complexity index is 180. The van der Waals surface area contributed by atoms with E-state index in [9.17, 15) is 0 Å². The van der Waals surface area contributed by atoms with Crippen LogP contribution in [0.25, 0.3) is 0 Å². The molecule has 0 aromatic heterocycles. The van der Waals surface area contributed by atoms with E-state index in [1.165, 1.54) is 6.08 Å². The fraction of sp³-hybridized carbons (Fsp3) is 0.778. The molecule has 0 spiro atoms. The van der Waals surface area contributed by atoms with Crippen LogP contribution < -0.4 is 0 Å². The molecule has 0 aliphatic carbocycles. The van der Waals surface area contributed by atoms with Crippen molar-refractivity contribution in [3.8, 4) is 0 Å². The van der Waals surface area contributed by atoms with Crippen molar-refractivity contribution >= 4 is 0 Å². The summed E-state index contributed by atoms with van der Waals surface area (Å²) in [5, 5.41) is 54.0. The standard InChI is InChI=1S/C9H18O7/c1-2-4-16-5-3-9(6(10)11,7(12)13)8(14)15/h2,6-8,10-15H,1,3-5H2. The molecular formula is C9H18O7. The lowest BCUT2D eigenvalue weighted by atomic mass is 9.82. The van der Waals surface area contributed by atoms with Crippen molar-refractivity contribution in [3.63, 3.8) is 0 Å².